The van der Waals surface area contributed by atoms with Crippen molar-refractivity contribution in [3.8, 4) is 5.75 Å². The third-order valence-corrected chi connectivity index (χ3v) is 12.4. The molecule has 7 nitrogen and oxygen atoms in total. The monoisotopic (exact) mass is 586 g/mol. The Morgan fingerprint density at radius 1 is 0.767 bits per heavy atom. The van der Waals surface area contributed by atoms with Crippen LogP contribution >= 0.6 is 0 Å². The molecule has 4 aliphatic carbocycles. The molecule has 0 aliphatic heterocycles. The number of carbonyl (C=O) groups excluding carboxylic acids is 3. The summed E-state index contributed by atoms with van der Waals surface area (Å²) in [4.78, 5) is 40.5. The normalized spacial score (nSPS) is 34.5. The molecule has 0 bridgehead atoms. The summed E-state index contributed by atoms with van der Waals surface area (Å²) in [6, 6.07) is 11.6. The number of imide groups is 1. The van der Waals surface area contributed by atoms with Crippen LogP contribution in [0.1, 0.15) is 101 Å². The average Bonchev–Trinajstić information content (AvgIpc) is 2.97. The molecule has 4 aliphatic rings. The van der Waals surface area contributed by atoms with Gasteiger partial charge in [-0.2, -0.15) is 0 Å². The van der Waals surface area contributed by atoms with E-state index >= 15 is 0 Å². The first kappa shape index (κ1) is 29.9. The number of amides is 3. The highest BCUT2D eigenvalue weighted by Gasteiger charge is 2.58. The second-order valence-electron chi connectivity index (χ2n) is 14.8. The molecular weight excluding hydrogens is 540 g/mol. The van der Waals surface area contributed by atoms with Crippen LogP contribution in [-0.4, -0.2) is 34.5 Å². The van der Waals surface area contributed by atoms with E-state index in [4.69, 9.17) is 0 Å². The van der Waals surface area contributed by atoms with Gasteiger partial charge in [-0.25, -0.2) is 0 Å². The molecule has 6 atom stereocenters. The number of rotatable bonds is 4. The van der Waals surface area contributed by atoms with E-state index < -0.39 is 23.3 Å². The lowest BCUT2D eigenvalue weighted by molar-refractivity contribution is -0.150. The fourth-order valence-electron chi connectivity index (χ4n) is 10.1. The Hall–Kier alpha value is -3.19. The molecule has 2 aromatic carbocycles. The number of anilines is 1. The van der Waals surface area contributed by atoms with Gasteiger partial charge in [0.25, 0.3) is 0 Å². The summed E-state index contributed by atoms with van der Waals surface area (Å²) < 4.78 is 0. The van der Waals surface area contributed by atoms with Crippen LogP contribution < -0.4 is 10.6 Å². The molecule has 4 N–H and O–H groups in total. The minimum atomic E-state index is -0.704. The second-order valence-corrected chi connectivity index (χ2v) is 14.8. The Bertz CT molecular complexity index is 1490. The fourth-order valence-corrected chi connectivity index (χ4v) is 10.1. The van der Waals surface area contributed by atoms with Gasteiger partial charge in [0.15, 0.2) is 0 Å². The molecule has 0 aromatic heterocycles. The molecule has 0 saturated heterocycles. The van der Waals surface area contributed by atoms with Crippen LogP contribution in [0.15, 0.2) is 36.4 Å². The van der Waals surface area contributed by atoms with Crippen LogP contribution in [-0.2, 0) is 38.1 Å². The summed E-state index contributed by atoms with van der Waals surface area (Å²) in [5.41, 5.74) is 3.56. The maximum absolute atomic E-state index is 14.3. The van der Waals surface area contributed by atoms with E-state index in [-0.39, 0.29) is 40.2 Å². The van der Waals surface area contributed by atoms with Crippen molar-refractivity contribution in [1.82, 2.24) is 5.32 Å². The molecule has 2 fully saturated rings. The van der Waals surface area contributed by atoms with Crippen molar-refractivity contribution in [1.29, 1.82) is 0 Å². The van der Waals surface area contributed by atoms with Gasteiger partial charge in [-0.1, -0.05) is 52.7 Å². The third-order valence-electron chi connectivity index (χ3n) is 12.4. The molecule has 6 rings (SSSR count). The number of aromatic hydroxyl groups is 1. The van der Waals surface area contributed by atoms with Gasteiger partial charge in [0.2, 0.25) is 17.7 Å². The predicted octanol–water partition coefficient (Wildman–Crippen LogP) is 5.69. The van der Waals surface area contributed by atoms with Crippen molar-refractivity contribution in [3.63, 3.8) is 0 Å². The summed E-state index contributed by atoms with van der Waals surface area (Å²) in [5.74, 6) is -0.381. The number of phenolic OH excluding ortho intramolecular Hbond substituents is 1. The Morgan fingerprint density at radius 2 is 1.28 bits per heavy atom. The van der Waals surface area contributed by atoms with Crippen molar-refractivity contribution >= 4 is 23.4 Å². The van der Waals surface area contributed by atoms with Crippen LogP contribution in [0.5, 0.6) is 5.75 Å². The van der Waals surface area contributed by atoms with E-state index in [1.807, 2.05) is 31.2 Å². The lowest BCUT2D eigenvalue weighted by Gasteiger charge is -2.56. The topological polar surface area (TPSA) is 116 Å². The maximum atomic E-state index is 14.3. The fraction of sp³-hybridized carbons (Fsp3) is 0.583. The molecule has 7 heteroatoms. The predicted molar refractivity (Wildman–Crippen MR) is 166 cm³/mol. The SMILES string of the molecule is C[C@]1(C(=O)NC(=O)[C@@]2(C)CCC[C@]3(C)c4cc(NC(=O)CO)ccc4CC[C@@H]23)CCC[C@]2(C)c3cc(O)ccc3CC[C@@H]12. The molecule has 2 aromatic rings. The number of phenols is 1. The molecular formula is C36H46N2O5. The van der Waals surface area contributed by atoms with Gasteiger partial charge in [-0.15, -0.1) is 0 Å². The molecule has 43 heavy (non-hydrogen) atoms. The minimum Gasteiger partial charge on any atom is -0.508 e. The molecule has 230 valence electrons. The summed E-state index contributed by atoms with van der Waals surface area (Å²) >= 11 is 0. The quantitative estimate of drug-likeness (QED) is 0.344. The van der Waals surface area contributed by atoms with Gasteiger partial charge < -0.3 is 15.5 Å². The molecule has 0 radical (unpaired) electrons. The smallest absolute Gasteiger partial charge is 0.250 e. The molecule has 3 amide bonds. The van der Waals surface area contributed by atoms with E-state index in [1.165, 1.54) is 11.1 Å². The first-order valence-electron chi connectivity index (χ1n) is 16.1. The van der Waals surface area contributed by atoms with Crippen LogP contribution in [0.25, 0.3) is 0 Å². The molecule has 2 saturated carbocycles. The Labute approximate surface area is 254 Å². The number of fused-ring (bicyclic) bond motifs is 6. The number of aryl methyl sites for hydroxylation is 2. The molecule has 0 spiro atoms. The van der Waals surface area contributed by atoms with Crippen LogP contribution in [0.3, 0.4) is 0 Å². The van der Waals surface area contributed by atoms with Crippen LogP contribution in [0.2, 0.25) is 0 Å². The third kappa shape index (κ3) is 4.61. The van der Waals surface area contributed by atoms with Crippen LogP contribution in [0.4, 0.5) is 5.69 Å². The van der Waals surface area contributed by atoms with Crippen molar-refractivity contribution < 1.29 is 24.6 Å². The molecule has 0 heterocycles. The van der Waals surface area contributed by atoms with Gasteiger partial charge in [0.05, 0.1) is 10.8 Å². The van der Waals surface area contributed by atoms with E-state index in [2.05, 4.69) is 37.5 Å². The highest BCUT2D eigenvalue weighted by molar-refractivity contribution is 6.01. The van der Waals surface area contributed by atoms with Crippen molar-refractivity contribution in [3.05, 3.63) is 58.7 Å². The lowest BCUT2D eigenvalue weighted by atomic mass is 9.49. The first-order chi connectivity index (χ1) is 20.3. The summed E-state index contributed by atoms with van der Waals surface area (Å²) in [6.07, 6.45) is 8.59. The second kappa shape index (κ2) is 10.5. The zero-order valence-corrected chi connectivity index (χ0v) is 26.0. The van der Waals surface area contributed by atoms with E-state index in [1.54, 1.807) is 6.07 Å². The van der Waals surface area contributed by atoms with Crippen molar-refractivity contribution in [2.45, 2.75) is 103 Å². The van der Waals surface area contributed by atoms with E-state index in [9.17, 15) is 24.6 Å². The standard InChI is InChI=1S/C36H46N2O5/c1-33-15-5-17-35(3,28(33)13-9-22-7-11-24(19-26(22)33)37-30(41)21-39)31(42)38-32(43)36(4)18-6-16-34(2)27-20-25(40)12-8-23(27)10-14-29(34)36/h7-8,11-12,19-20,28-29,39-40H,5-6,9-10,13-18,21H2,1-4H3,(H,37,41)(H,38,42,43)/t28-,29-,33-,34-,35+,36+/m1/s1. The zero-order valence-electron chi connectivity index (χ0n) is 26.0. The number of hydrogen-bond donors (Lipinski definition) is 4. The Kier molecular flexibility index (Phi) is 7.27. The van der Waals surface area contributed by atoms with Gasteiger partial charge in [-0.05, 0) is 121 Å². The number of aliphatic hydroxyl groups is 1. The number of nitrogens with one attached hydrogen (secondary N) is 2. The number of carbonyl (C=O) groups is 3. The Morgan fingerprint density at radius 3 is 1.81 bits per heavy atom. The molecule has 0 unspecified atom stereocenters. The number of hydrogen-bond acceptors (Lipinski definition) is 5. The van der Waals surface area contributed by atoms with Gasteiger partial charge in [-0.3, -0.25) is 19.7 Å². The van der Waals surface area contributed by atoms with Gasteiger partial charge in [0.1, 0.15) is 12.4 Å². The highest BCUT2D eigenvalue weighted by Crippen LogP contribution is 2.59. The number of aliphatic hydroxyl groups excluding tert-OH is 1. The minimum absolute atomic E-state index is 0.0480. The summed E-state index contributed by atoms with van der Waals surface area (Å²) in [7, 11) is 0. The summed E-state index contributed by atoms with van der Waals surface area (Å²) in [6.45, 7) is 8.01. The first-order valence-corrected chi connectivity index (χ1v) is 16.1. The van der Waals surface area contributed by atoms with Gasteiger partial charge in [0, 0.05) is 5.69 Å². The van der Waals surface area contributed by atoms with Crippen LogP contribution in [0, 0.1) is 22.7 Å². The van der Waals surface area contributed by atoms with Crippen molar-refractivity contribution in [2.75, 3.05) is 11.9 Å². The van der Waals surface area contributed by atoms with E-state index in [0.717, 1.165) is 75.3 Å². The van der Waals surface area contributed by atoms with Gasteiger partial charge >= 0.3 is 0 Å². The average molecular weight is 587 g/mol. The van der Waals surface area contributed by atoms with Crippen molar-refractivity contribution in [2.24, 2.45) is 22.7 Å². The Balaban J connectivity index is 1.26. The largest absolute Gasteiger partial charge is 0.508 e. The number of benzene rings is 2. The maximum Gasteiger partial charge on any atom is 0.250 e. The lowest BCUT2D eigenvalue weighted by Crippen LogP contribution is -2.60. The highest BCUT2D eigenvalue weighted by atomic mass is 16.3. The zero-order chi connectivity index (χ0) is 30.8. The van der Waals surface area contributed by atoms with E-state index in [0.29, 0.717) is 5.69 Å². The summed E-state index contributed by atoms with van der Waals surface area (Å²) in [5, 5.41) is 25.3.